The molecule has 2 amide bonds. The lowest BCUT2D eigenvalue weighted by Gasteiger charge is -2.31. The first-order valence-corrected chi connectivity index (χ1v) is 10.6. The van der Waals surface area contributed by atoms with Crippen molar-refractivity contribution >= 4 is 17.5 Å². The van der Waals surface area contributed by atoms with Gasteiger partial charge in [0.05, 0.1) is 19.8 Å². The molecule has 31 heavy (non-hydrogen) atoms. The lowest BCUT2D eigenvalue weighted by Crippen LogP contribution is -2.47. The van der Waals surface area contributed by atoms with E-state index in [4.69, 9.17) is 4.74 Å². The second kappa shape index (κ2) is 9.92. The summed E-state index contributed by atoms with van der Waals surface area (Å²) in [6, 6.07) is 11.3. The van der Waals surface area contributed by atoms with Gasteiger partial charge in [0.25, 0.3) is 0 Å². The molecule has 0 radical (unpaired) electrons. The van der Waals surface area contributed by atoms with Crippen molar-refractivity contribution in [3.05, 3.63) is 59.9 Å². The van der Waals surface area contributed by atoms with Gasteiger partial charge >= 0.3 is 0 Å². The van der Waals surface area contributed by atoms with Crippen LogP contribution in [0.3, 0.4) is 0 Å². The van der Waals surface area contributed by atoms with Gasteiger partial charge in [-0.05, 0) is 29.2 Å². The first-order chi connectivity index (χ1) is 14.8. The molecular formula is C24H32N4O3. The van der Waals surface area contributed by atoms with E-state index in [2.05, 4.69) is 43.2 Å². The van der Waals surface area contributed by atoms with Crippen LogP contribution in [0.5, 0.6) is 0 Å². The lowest BCUT2D eigenvalue weighted by atomic mass is 9.87. The average molecular weight is 425 g/mol. The Bertz CT molecular complexity index is 872. The minimum Gasteiger partial charge on any atom is -0.378 e. The van der Waals surface area contributed by atoms with Gasteiger partial charge < -0.3 is 19.9 Å². The molecule has 3 rings (SSSR count). The highest BCUT2D eigenvalue weighted by Gasteiger charge is 2.27. The van der Waals surface area contributed by atoms with E-state index in [9.17, 15) is 9.59 Å². The van der Waals surface area contributed by atoms with Crippen molar-refractivity contribution in [2.45, 2.75) is 32.2 Å². The fourth-order valence-corrected chi connectivity index (χ4v) is 3.62. The summed E-state index contributed by atoms with van der Waals surface area (Å²) in [7, 11) is 1.88. The van der Waals surface area contributed by atoms with Crippen molar-refractivity contribution in [2.24, 2.45) is 0 Å². The predicted molar refractivity (Wildman–Crippen MR) is 121 cm³/mol. The Morgan fingerprint density at radius 1 is 1.16 bits per heavy atom. The number of anilines is 1. The topological polar surface area (TPSA) is 74.8 Å². The normalized spacial score (nSPS) is 15.3. The first-order valence-electron chi connectivity index (χ1n) is 10.6. The number of morpholine rings is 1. The van der Waals surface area contributed by atoms with Gasteiger partial charge in [0.2, 0.25) is 11.8 Å². The molecule has 1 atom stereocenters. The van der Waals surface area contributed by atoms with E-state index < -0.39 is 6.04 Å². The van der Waals surface area contributed by atoms with Crippen LogP contribution in [-0.2, 0) is 19.7 Å². The summed E-state index contributed by atoms with van der Waals surface area (Å²) >= 11 is 0. The molecule has 1 N–H and O–H groups in total. The minimum absolute atomic E-state index is 0.0353. The summed E-state index contributed by atoms with van der Waals surface area (Å²) in [4.78, 5) is 33.5. The van der Waals surface area contributed by atoms with Crippen LogP contribution in [0.4, 0.5) is 5.69 Å². The maximum absolute atomic E-state index is 13.2. The van der Waals surface area contributed by atoms with E-state index in [0.29, 0.717) is 26.3 Å². The fourth-order valence-electron chi connectivity index (χ4n) is 3.62. The van der Waals surface area contributed by atoms with Crippen LogP contribution >= 0.6 is 0 Å². The van der Waals surface area contributed by atoms with Crippen LogP contribution in [-0.4, -0.2) is 61.6 Å². The number of carbonyl (C=O) groups is 2. The zero-order chi connectivity index (χ0) is 22.4. The third-order valence-electron chi connectivity index (χ3n) is 5.55. The predicted octanol–water partition coefficient (Wildman–Crippen LogP) is 2.53. The highest BCUT2D eigenvalue weighted by atomic mass is 16.5. The van der Waals surface area contributed by atoms with E-state index in [1.165, 1.54) is 5.56 Å². The third kappa shape index (κ3) is 5.82. The van der Waals surface area contributed by atoms with E-state index in [1.54, 1.807) is 17.3 Å². The van der Waals surface area contributed by atoms with Gasteiger partial charge in [0, 0.05) is 43.8 Å². The number of pyridine rings is 1. The number of benzene rings is 1. The molecule has 0 saturated carbocycles. The van der Waals surface area contributed by atoms with Gasteiger partial charge in [-0.15, -0.1) is 0 Å². The van der Waals surface area contributed by atoms with E-state index in [-0.39, 0.29) is 23.8 Å². The number of nitrogens with one attached hydrogen (secondary N) is 1. The van der Waals surface area contributed by atoms with E-state index in [1.807, 2.05) is 36.2 Å². The maximum atomic E-state index is 13.2. The van der Waals surface area contributed by atoms with Gasteiger partial charge in [-0.2, -0.15) is 0 Å². The molecule has 166 valence electrons. The number of hydrogen-bond donors (Lipinski definition) is 1. The van der Waals surface area contributed by atoms with Gasteiger partial charge in [-0.3, -0.25) is 14.6 Å². The molecular weight excluding hydrogens is 392 g/mol. The molecule has 0 bridgehead atoms. The van der Waals surface area contributed by atoms with Crippen LogP contribution < -0.4 is 10.2 Å². The first kappa shape index (κ1) is 22.7. The number of aromatic nitrogens is 1. The number of rotatable bonds is 6. The molecule has 1 fully saturated rings. The molecule has 2 heterocycles. The zero-order valence-corrected chi connectivity index (χ0v) is 18.8. The quantitative estimate of drug-likeness (QED) is 0.771. The zero-order valence-electron chi connectivity index (χ0n) is 18.8. The molecule has 1 unspecified atom stereocenters. The maximum Gasteiger partial charge on any atom is 0.247 e. The second-order valence-corrected chi connectivity index (χ2v) is 8.81. The summed E-state index contributed by atoms with van der Waals surface area (Å²) in [6.45, 7) is 8.65. The summed E-state index contributed by atoms with van der Waals surface area (Å²) in [5, 5.41) is 2.82. The largest absolute Gasteiger partial charge is 0.378 e. The summed E-state index contributed by atoms with van der Waals surface area (Å²) < 4.78 is 5.29. The smallest absolute Gasteiger partial charge is 0.247 e. The average Bonchev–Trinajstić information content (AvgIpc) is 2.78. The van der Waals surface area contributed by atoms with Gasteiger partial charge in [0.1, 0.15) is 6.04 Å². The van der Waals surface area contributed by atoms with Crippen LogP contribution in [0, 0.1) is 0 Å². The van der Waals surface area contributed by atoms with E-state index >= 15 is 0 Å². The van der Waals surface area contributed by atoms with Crippen molar-refractivity contribution in [1.29, 1.82) is 0 Å². The van der Waals surface area contributed by atoms with Crippen molar-refractivity contribution in [1.82, 2.24) is 15.2 Å². The van der Waals surface area contributed by atoms with E-state index in [0.717, 1.165) is 11.3 Å². The molecule has 1 aromatic carbocycles. The molecule has 7 heteroatoms. The Balaban J connectivity index is 1.76. The van der Waals surface area contributed by atoms with Gasteiger partial charge in [0.15, 0.2) is 0 Å². The number of hydrogen-bond acceptors (Lipinski definition) is 5. The Labute approximate surface area is 184 Å². The number of likely N-dealkylation sites (N-methyl/N-ethyl adjacent to an activating group) is 1. The summed E-state index contributed by atoms with van der Waals surface area (Å²) in [6.07, 6.45) is 3.37. The molecule has 2 aromatic rings. The number of ether oxygens (including phenoxy) is 1. The van der Waals surface area contributed by atoms with Crippen molar-refractivity contribution in [2.75, 3.05) is 44.8 Å². The van der Waals surface area contributed by atoms with Crippen molar-refractivity contribution in [3.63, 3.8) is 0 Å². The van der Waals surface area contributed by atoms with Crippen LogP contribution in [0.1, 0.15) is 37.9 Å². The Hall–Kier alpha value is -2.93. The van der Waals surface area contributed by atoms with Crippen molar-refractivity contribution < 1.29 is 14.3 Å². The Morgan fingerprint density at radius 3 is 2.42 bits per heavy atom. The molecule has 0 spiro atoms. The van der Waals surface area contributed by atoms with Gasteiger partial charge in [-0.25, -0.2) is 0 Å². The Morgan fingerprint density at radius 2 is 1.84 bits per heavy atom. The highest BCUT2D eigenvalue weighted by molar-refractivity contribution is 5.90. The van der Waals surface area contributed by atoms with Gasteiger partial charge in [-0.1, -0.05) is 39.0 Å². The van der Waals surface area contributed by atoms with Crippen LogP contribution in [0.25, 0.3) is 0 Å². The highest BCUT2D eigenvalue weighted by Crippen LogP contribution is 2.29. The lowest BCUT2D eigenvalue weighted by molar-refractivity contribution is -0.136. The SMILES string of the molecule is CN(c1ccc(C(C)(C)C)cc1)C(C(=O)NCC(=O)N1CCOCC1)c1cccnc1. The number of carbonyl (C=O) groups excluding carboxylic acids is 2. The molecule has 1 aromatic heterocycles. The number of nitrogens with zero attached hydrogens (tertiary/aromatic N) is 3. The van der Waals surface area contributed by atoms with Crippen LogP contribution in [0.15, 0.2) is 48.8 Å². The Kier molecular flexibility index (Phi) is 7.28. The molecule has 7 nitrogen and oxygen atoms in total. The standard InChI is InChI=1S/C24H32N4O3/c1-24(2,3)19-7-9-20(10-8-19)27(4)22(18-6-5-11-25-16-18)23(30)26-17-21(29)28-12-14-31-15-13-28/h5-11,16,22H,12-15,17H2,1-4H3,(H,26,30). The third-order valence-corrected chi connectivity index (χ3v) is 5.55. The molecule has 1 saturated heterocycles. The molecule has 1 aliphatic heterocycles. The molecule has 1 aliphatic rings. The summed E-state index contributed by atoms with van der Waals surface area (Å²) in [5.41, 5.74) is 2.96. The minimum atomic E-state index is -0.605. The second-order valence-electron chi connectivity index (χ2n) is 8.81. The fraction of sp³-hybridized carbons (Fsp3) is 0.458. The number of amides is 2. The molecule has 0 aliphatic carbocycles. The van der Waals surface area contributed by atoms with Crippen LogP contribution in [0.2, 0.25) is 0 Å². The van der Waals surface area contributed by atoms with Crippen molar-refractivity contribution in [3.8, 4) is 0 Å². The monoisotopic (exact) mass is 424 g/mol. The summed E-state index contributed by atoms with van der Waals surface area (Å²) in [5.74, 6) is -0.337.